The molecule has 0 aliphatic heterocycles. The number of nitrogens with zero attached hydrogens (tertiary/aromatic N) is 2. The number of carbonyl (C=O) groups excluding carboxylic acids is 2. The molecule has 0 heterocycles. The van der Waals surface area contributed by atoms with Crippen molar-refractivity contribution in [3.63, 3.8) is 0 Å². The summed E-state index contributed by atoms with van der Waals surface area (Å²) >= 11 is 18.7. The monoisotopic (exact) mass is 623 g/mol. The van der Waals surface area contributed by atoms with Crippen molar-refractivity contribution >= 4 is 62.3 Å². The fourth-order valence-corrected chi connectivity index (χ4v) is 5.39. The minimum Gasteiger partial charge on any atom is -0.352 e. The van der Waals surface area contributed by atoms with Crippen LogP contribution >= 0.6 is 34.8 Å². The SMILES string of the molecule is CCC(C)NC(=O)C(Cc1ccccc1)N(Cc1ccccc1Cl)C(=O)CN(c1ccc(Cl)c(Cl)c1)S(C)(=O)=O. The van der Waals surface area contributed by atoms with Crippen LogP contribution in [0.5, 0.6) is 0 Å². The highest BCUT2D eigenvalue weighted by molar-refractivity contribution is 7.92. The third-order valence-electron chi connectivity index (χ3n) is 6.44. The molecule has 0 saturated heterocycles. The summed E-state index contributed by atoms with van der Waals surface area (Å²) in [5.41, 5.74) is 1.63. The van der Waals surface area contributed by atoms with Crippen molar-refractivity contribution < 1.29 is 18.0 Å². The number of hydrogen-bond acceptors (Lipinski definition) is 4. The van der Waals surface area contributed by atoms with Gasteiger partial charge in [0.1, 0.15) is 12.6 Å². The second-order valence-corrected chi connectivity index (χ2v) is 12.6. The van der Waals surface area contributed by atoms with Gasteiger partial charge in [0.15, 0.2) is 0 Å². The number of hydrogen-bond donors (Lipinski definition) is 1. The van der Waals surface area contributed by atoms with Crippen LogP contribution in [0.1, 0.15) is 31.4 Å². The van der Waals surface area contributed by atoms with Gasteiger partial charge in [-0.3, -0.25) is 13.9 Å². The summed E-state index contributed by atoms with van der Waals surface area (Å²) in [6, 6.07) is 19.6. The van der Waals surface area contributed by atoms with Crippen molar-refractivity contribution in [3.8, 4) is 0 Å². The Bertz CT molecular complexity index is 1440. The summed E-state index contributed by atoms with van der Waals surface area (Å²) in [6.45, 7) is 3.25. The second-order valence-electron chi connectivity index (χ2n) is 9.50. The van der Waals surface area contributed by atoms with Gasteiger partial charge in [0.2, 0.25) is 21.8 Å². The Kier molecular flexibility index (Phi) is 11.3. The first-order valence-electron chi connectivity index (χ1n) is 12.7. The Hall–Kier alpha value is -2.78. The molecule has 214 valence electrons. The average molecular weight is 625 g/mol. The van der Waals surface area contributed by atoms with Gasteiger partial charge < -0.3 is 10.2 Å². The Morgan fingerprint density at radius 3 is 2.15 bits per heavy atom. The number of sulfonamides is 1. The van der Waals surface area contributed by atoms with E-state index in [0.717, 1.165) is 16.1 Å². The molecule has 3 aromatic rings. The number of benzene rings is 3. The van der Waals surface area contributed by atoms with Crippen LogP contribution in [0.3, 0.4) is 0 Å². The topological polar surface area (TPSA) is 86.8 Å². The molecule has 2 unspecified atom stereocenters. The minimum absolute atomic E-state index is 0.0110. The molecule has 7 nitrogen and oxygen atoms in total. The number of amides is 2. The maximum Gasteiger partial charge on any atom is 0.244 e. The lowest BCUT2D eigenvalue weighted by atomic mass is 10.0. The van der Waals surface area contributed by atoms with Crippen LogP contribution in [-0.2, 0) is 32.6 Å². The van der Waals surface area contributed by atoms with Gasteiger partial charge in [0.05, 0.1) is 22.0 Å². The summed E-state index contributed by atoms with van der Waals surface area (Å²) in [7, 11) is -3.93. The molecule has 0 spiro atoms. The molecule has 0 fully saturated rings. The van der Waals surface area contributed by atoms with Crippen molar-refractivity contribution in [3.05, 3.63) is 99.0 Å². The number of rotatable bonds is 12. The van der Waals surface area contributed by atoms with Gasteiger partial charge in [-0.2, -0.15) is 0 Å². The number of nitrogens with one attached hydrogen (secondary N) is 1. The van der Waals surface area contributed by atoms with E-state index in [2.05, 4.69) is 5.32 Å². The second kappa shape index (κ2) is 14.2. The molecular weight excluding hydrogens is 593 g/mol. The van der Waals surface area contributed by atoms with Crippen molar-refractivity contribution in [1.82, 2.24) is 10.2 Å². The quantitative estimate of drug-likeness (QED) is 0.269. The minimum atomic E-state index is -3.93. The third-order valence-corrected chi connectivity index (χ3v) is 8.69. The lowest BCUT2D eigenvalue weighted by Gasteiger charge is -2.34. The lowest BCUT2D eigenvalue weighted by molar-refractivity contribution is -0.140. The summed E-state index contributed by atoms with van der Waals surface area (Å²) in [4.78, 5) is 29.1. The molecule has 0 aromatic heterocycles. The summed E-state index contributed by atoms with van der Waals surface area (Å²) in [5.74, 6) is -0.935. The first-order valence-corrected chi connectivity index (χ1v) is 15.7. The predicted molar refractivity (Wildman–Crippen MR) is 162 cm³/mol. The standard InChI is InChI=1S/C29H32Cl3N3O4S/c1-4-20(2)33-29(37)27(16-21-10-6-5-7-11-21)34(18-22-12-8-9-13-24(22)30)28(36)19-35(40(3,38)39)23-14-15-25(31)26(32)17-23/h5-15,17,20,27H,4,16,18-19H2,1-3H3,(H,33,37). The van der Waals surface area contributed by atoms with Gasteiger partial charge in [-0.05, 0) is 48.7 Å². The Morgan fingerprint density at radius 2 is 1.55 bits per heavy atom. The number of anilines is 1. The van der Waals surface area contributed by atoms with E-state index in [0.29, 0.717) is 17.0 Å². The van der Waals surface area contributed by atoms with Crippen LogP contribution in [0.2, 0.25) is 15.1 Å². The van der Waals surface area contributed by atoms with Crippen LogP contribution in [0, 0.1) is 0 Å². The molecule has 0 aliphatic carbocycles. The predicted octanol–water partition coefficient (Wildman–Crippen LogP) is 5.97. The Labute approximate surface area is 251 Å². The van der Waals surface area contributed by atoms with E-state index >= 15 is 0 Å². The van der Waals surface area contributed by atoms with Crippen LogP contribution in [0.25, 0.3) is 0 Å². The lowest BCUT2D eigenvalue weighted by Crippen LogP contribution is -2.54. The molecule has 0 radical (unpaired) electrons. The van der Waals surface area contributed by atoms with Crippen LogP contribution in [0.4, 0.5) is 5.69 Å². The number of halogens is 3. The molecule has 0 saturated carbocycles. The van der Waals surface area contributed by atoms with Crippen LogP contribution in [0.15, 0.2) is 72.8 Å². The van der Waals surface area contributed by atoms with Crippen LogP contribution in [-0.4, -0.2) is 50.0 Å². The van der Waals surface area contributed by atoms with Crippen molar-refractivity contribution in [2.75, 3.05) is 17.1 Å². The fraction of sp³-hybridized carbons (Fsp3) is 0.310. The molecule has 3 aromatic carbocycles. The summed E-state index contributed by atoms with van der Waals surface area (Å²) in [6.07, 6.45) is 1.91. The zero-order chi connectivity index (χ0) is 29.4. The van der Waals surface area contributed by atoms with Gasteiger partial charge in [0, 0.05) is 24.0 Å². The third kappa shape index (κ3) is 8.61. The normalized spacial score (nSPS) is 12.8. The zero-order valence-electron chi connectivity index (χ0n) is 22.5. The van der Waals surface area contributed by atoms with Crippen LogP contribution < -0.4 is 9.62 Å². The molecule has 1 N–H and O–H groups in total. The molecule has 11 heteroatoms. The van der Waals surface area contributed by atoms with E-state index < -0.39 is 28.5 Å². The molecule has 2 amide bonds. The summed E-state index contributed by atoms with van der Waals surface area (Å²) < 4.78 is 26.7. The van der Waals surface area contributed by atoms with Gasteiger partial charge in [-0.1, -0.05) is 90.3 Å². The van der Waals surface area contributed by atoms with Gasteiger partial charge >= 0.3 is 0 Å². The smallest absolute Gasteiger partial charge is 0.244 e. The van der Waals surface area contributed by atoms with E-state index in [4.69, 9.17) is 34.8 Å². The first kappa shape index (κ1) is 31.7. The highest BCUT2D eigenvalue weighted by atomic mass is 35.5. The van der Waals surface area contributed by atoms with E-state index in [9.17, 15) is 18.0 Å². The van der Waals surface area contributed by atoms with Crippen molar-refractivity contribution in [1.29, 1.82) is 0 Å². The average Bonchev–Trinajstić information content (AvgIpc) is 2.91. The largest absolute Gasteiger partial charge is 0.352 e. The van der Waals surface area contributed by atoms with E-state index in [1.165, 1.54) is 23.1 Å². The Morgan fingerprint density at radius 1 is 0.900 bits per heavy atom. The van der Waals surface area contributed by atoms with E-state index in [-0.39, 0.29) is 40.6 Å². The van der Waals surface area contributed by atoms with E-state index in [1.54, 1.807) is 24.3 Å². The maximum absolute atomic E-state index is 14.1. The van der Waals surface area contributed by atoms with Gasteiger partial charge in [-0.25, -0.2) is 8.42 Å². The molecule has 2 atom stereocenters. The highest BCUT2D eigenvalue weighted by Crippen LogP contribution is 2.29. The fourth-order valence-electron chi connectivity index (χ4n) is 4.06. The zero-order valence-corrected chi connectivity index (χ0v) is 25.6. The van der Waals surface area contributed by atoms with E-state index in [1.807, 2.05) is 44.2 Å². The molecule has 40 heavy (non-hydrogen) atoms. The maximum atomic E-state index is 14.1. The van der Waals surface area contributed by atoms with Gasteiger partial charge in [-0.15, -0.1) is 0 Å². The summed E-state index contributed by atoms with van der Waals surface area (Å²) in [5, 5.41) is 3.79. The van der Waals surface area contributed by atoms with Gasteiger partial charge in [0.25, 0.3) is 0 Å². The molecule has 3 rings (SSSR count). The van der Waals surface area contributed by atoms with Crippen molar-refractivity contribution in [2.45, 2.75) is 45.3 Å². The van der Waals surface area contributed by atoms with Crippen molar-refractivity contribution in [2.24, 2.45) is 0 Å². The highest BCUT2D eigenvalue weighted by Gasteiger charge is 2.33. The number of carbonyl (C=O) groups is 2. The first-order chi connectivity index (χ1) is 18.9. The molecular formula is C29H32Cl3N3O4S. The Balaban J connectivity index is 2.08. The molecule has 0 aliphatic rings. The molecule has 0 bridgehead atoms.